The fourth-order valence-electron chi connectivity index (χ4n) is 3.10. The predicted molar refractivity (Wildman–Crippen MR) is 105 cm³/mol. The van der Waals surface area contributed by atoms with Gasteiger partial charge in [-0.3, -0.25) is 14.4 Å². The summed E-state index contributed by atoms with van der Waals surface area (Å²) in [6.45, 7) is 0.527. The number of hydrogen-bond acceptors (Lipinski definition) is 4. The third-order valence-corrected chi connectivity index (χ3v) is 4.76. The van der Waals surface area contributed by atoms with Gasteiger partial charge in [0, 0.05) is 13.0 Å². The molecule has 1 aromatic carbocycles. The highest BCUT2D eigenvalue weighted by atomic mass is 16.5. The van der Waals surface area contributed by atoms with Crippen LogP contribution in [0.25, 0.3) is 0 Å². The SMILES string of the molecule is O=C(CCC(=O)Oc1ccccccccc1)NCC1CCC(C(=O)O)CC1. The topological polar surface area (TPSA) is 92.7 Å². The van der Waals surface area contributed by atoms with Crippen LogP contribution in [-0.4, -0.2) is 29.5 Å². The van der Waals surface area contributed by atoms with Crippen LogP contribution in [0.2, 0.25) is 0 Å². The lowest BCUT2D eigenvalue weighted by molar-refractivity contribution is -0.143. The summed E-state index contributed by atoms with van der Waals surface area (Å²) < 4.78 is 5.29. The van der Waals surface area contributed by atoms with E-state index in [1.807, 2.05) is 30.3 Å². The Labute approximate surface area is 165 Å². The highest BCUT2D eigenvalue weighted by Gasteiger charge is 2.25. The monoisotopic (exact) mass is 385 g/mol. The lowest BCUT2D eigenvalue weighted by Crippen LogP contribution is -2.32. The quantitative estimate of drug-likeness (QED) is 0.701. The number of rotatable bonds is 7. The molecule has 1 aliphatic carbocycles. The lowest BCUT2D eigenvalue weighted by Gasteiger charge is -2.26. The molecule has 0 saturated heterocycles. The van der Waals surface area contributed by atoms with Gasteiger partial charge >= 0.3 is 11.9 Å². The van der Waals surface area contributed by atoms with Crippen molar-refractivity contribution in [2.45, 2.75) is 38.5 Å². The number of carboxylic acid groups (broad SMARTS) is 1. The minimum atomic E-state index is -0.732. The molecule has 0 radical (unpaired) electrons. The van der Waals surface area contributed by atoms with E-state index < -0.39 is 11.9 Å². The van der Waals surface area contributed by atoms with Crippen LogP contribution in [0.5, 0.6) is 5.75 Å². The Balaban J connectivity index is 1.70. The molecule has 2 N–H and O–H groups in total. The summed E-state index contributed by atoms with van der Waals surface area (Å²) in [5.41, 5.74) is 0. The fraction of sp³-hybridized carbons (Fsp3) is 0.409. The van der Waals surface area contributed by atoms with Gasteiger partial charge in [0.15, 0.2) is 0 Å². The molecule has 6 nitrogen and oxygen atoms in total. The average Bonchev–Trinajstić information content (AvgIpc) is 2.70. The lowest BCUT2D eigenvalue weighted by atomic mass is 9.82. The molecule has 0 atom stereocenters. The zero-order valence-corrected chi connectivity index (χ0v) is 15.9. The first-order valence-electron chi connectivity index (χ1n) is 9.63. The van der Waals surface area contributed by atoms with Gasteiger partial charge in [0.1, 0.15) is 5.75 Å². The van der Waals surface area contributed by atoms with Crippen molar-refractivity contribution in [1.82, 2.24) is 5.32 Å². The van der Waals surface area contributed by atoms with E-state index in [0.717, 1.165) is 12.8 Å². The van der Waals surface area contributed by atoms with Gasteiger partial charge in [-0.25, -0.2) is 0 Å². The maximum absolute atomic E-state index is 12.0. The maximum atomic E-state index is 12.0. The summed E-state index contributed by atoms with van der Waals surface area (Å²) >= 11 is 0. The second kappa shape index (κ2) is 11.7. The highest BCUT2D eigenvalue weighted by molar-refractivity contribution is 5.82. The normalized spacial score (nSPS) is 18.4. The minimum Gasteiger partial charge on any atom is -0.481 e. The van der Waals surface area contributed by atoms with Gasteiger partial charge in [0.25, 0.3) is 0 Å². The first-order valence-corrected chi connectivity index (χ1v) is 9.63. The first kappa shape index (κ1) is 21.4. The van der Waals surface area contributed by atoms with Crippen molar-refractivity contribution in [3.05, 3.63) is 54.6 Å². The molecule has 1 amide bonds. The van der Waals surface area contributed by atoms with Crippen molar-refractivity contribution in [2.75, 3.05) is 6.54 Å². The van der Waals surface area contributed by atoms with Gasteiger partial charge in [-0.05, 0) is 43.7 Å². The molecular weight excluding hydrogens is 358 g/mol. The second-order valence-corrected chi connectivity index (χ2v) is 6.92. The van der Waals surface area contributed by atoms with Crippen LogP contribution >= 0.6 is 0 Å². The van der Waals surface area contributed by atoms with Crippen LogP contribution in [0.4, 0.5) is 0 Å². The number of aliphatic carboxylic acids is 1. The van der Waals surface area contributed by atoms with Gasteiger partial charge < -0.3 is 15.2 Å². The van der Waals surface area contributed by atoms with E-state index in [9.17, 15) is 14.4 Å². The van der Waals surface area contributed by atoms with Crippen LogP contribution in [0, 0.1) is 11.8 Å². The van der Waals surface area contributed by atoms with E-state index in [0.29, 0.717) is 31.1 Å². The molecule has 2 rings (SSSR count). The fourth-order valence-corrected chi connectivity index (χ4v) is 3.10. The molecule has 1 saturated carbocycles. The zero-order chi connectivity index (χ0) is 20.2. The molecular formula is C22H27NO5. The number of ether oxygens (including phenoxy) is 1. The van der Waals surface area contributed by atoms with E-state index in [2.05, 4.69) is 5.32 Å². The summed E-state index contributed by atoms with van der Waals surface area (Å²) in [4.78, 5) is 34.9. The number of carboxylic acids is 1. The molecule has 1 aliphatic rings. The third-order valence-electron chi connectivity index (χ3n) is 4.76. The number of esters is 1. The van der Waals surface area contributed by atoms with Crippen molar-refractivity contribution >= 4 is 17.8 Å². The molecule has 1 fully saturated rings. The molecule has 0 unspecified atom stereocenters. The summed E-state index contributed by atoms with van der Waals surface area (Å²) in [7, 11) is 0. The predicted octanol–water partition coefficient (Wildman–Crippen LogP) is 3.50. The maximum Gasteiger partial charge on any atom is 0.311 e. The number of nitrogens with one attached hydrogen (secondary N) is 1. The van der Waals surface area contributed by atoms with E-state index >= 15 is 0 Å². The Bertz CT molecular complexity index is 699. The van der Waals surface area contributed by atoms with Crippen molar-refractivity contribution in [3.8, 4) is 5.75 Å². The van der Waals surface area contributed by atoms with Gasteiger partial charge in [0.05, 0.1) is 12.3 Å². The van der Waals surface area contributed by atoms with Crippen molar-refractivity contribution in [3.63, 3.8) is 0 Å². The molecule has 0 aliphatic heterocycles. The summed E-state index contributed by atoms with van der Waals surface area (Å²) in [6, 6.07) is 16.2. The molecule has 28 heavy (non-hydrogen) atoms. The third kappa shape index (κ3) is 8.20. The van der Waals surface area contributed by atoms with Crippen LogP contribution in [0.3, 0.4) is 0 Å². The number of amides is 1. The summed E-state index contributed by atoms with van der Waals surface area (Å²) in [5.74, 6) is -0.924. The Morgan fingerprint density at radius 3 is 2.04 bits per heavy atom. The largest absolute Gasteiger partial charge is 0.481 e. The minimum absolute atomic E-state index is 0.00221. The Morgan fingerprint density at radius 1 is 0.893 bits per heavy atom. The molecule has 0 bridgehead atoms. The highest BCUT2D eigenvalue weighted by Crippen LogP contribution is 2.28. The molecule has 0 spiro atoms. The average molecular weight is 385 g/mol. The van der Waals surface area contributed by atoms with E-state index in [-0.39, 0.29) is 24.7 Å². The van der Waals surface area contributed by atoms with Gasteiger partial charge in [0.2, 0.25) is 5.91 Å². The van der Waals surface area contributed by atoms with Gasteiger partial charge in [-0.15, -0.1) is 0 Å². The molecule has 0 aromatic heterocycles. The molecule has 150 valence electrons. The molecule has 1 aromatic rings. The number of hydrogen-bond donors (Lipinski definition) is 2. The molecule has 6 heteroatoms. The van der Waals surface area contributed by atoms with Gasteiger partial charge in [-0.1, -0.05) is 42.5 Å². The van der Waals surface area contributed by atoms with E-state index in [4.69, 9.17) is 9.84 Å². The zero-order valence-electron chi connectivity index (χ0n) is 15.9. The Kier molecular flexibility index (Phi) is 8.98. The van der Waals surface area contributed by atoms with Crippen LogP contribution in [0.1, 0.15) is 38.5 Å². The van der Waals surface area contributed by atoms with Crippen molar-refractivity contribution < 1.29 is 24.2 Å². The first-order chi connectivity index (χ1) is 13.5. The van der Waals surface area contributed by atoms with E-state index in [1.165, 1.54) is 0 Å². The second-order valence-electron chi connectivity index (χ2n) is 6.92. The summed E-state index contributed by atoms with van der Waals surface area (Å²) in [5, 5.41) is 11.8. The molecule has 0 heterocycles. The Morgan fingerprint density at radius 2 is 1.46 bits per heavy atom. The summed E-state index contributed by atoms with van der Waals surface area (Å²) in [6.07, 6.45) is 2.99. The van der Waals surface area contributed by atoms with Gasteiger partial charge in [-0.2, -0.15) is 0 Å². The van der Waals surface area contributed by atoms with Crippen LogP contribution < -0.4 is 10.1 Å². The Hall–Kier alpha value is -2.89. The van der Waals surface area contributed by atoms with Crippen LogP contribution in [0.15, 0.2) is 54.6 Å². The van der Waals surface area contributed by atoms with Crippen molar-refractivity contribution in [2.24, 2.45) is 11.8 Å². The number of carbonyl (C=O) groups is 3. The van der Waals surface area contributed by atoms with E-state index in [1.54, 1.807) is 24.3 Å². The number of carbonyl (C=O) groups excluding carboxylic acids is 2. The van der Waals surface area contributed by atoms with Crippen molar-refractivity contribution in [1.29, 1.82) is 0 Å². The van der Waals surface area contributed by atoms with Crippen LogP contribution in [-0.2, 0) is 14.4 Å². The standard InChI is InChI=1S/C22H27NO5/c24-20(23-16-17-10-12-18(13-11-17)22(26)27)14-15-21(25)28-19-8-6-4-2-1-3-5-7-9-19/h1-9,17-18H,10-16H2,(H,23,24)(H,26,27). The smallest absolute Gasteiger partial charge is 0.311 e.